The minimum absolute atomic E-state index is 0.167. The summed E-state index contributed by atoms with van der Waals surface area (Å²) < 4.78 is 6.77. The van der Waals surface area contributed by atoms with Gasteiger partial charge in [0.05, 0.1) is 0 Å². The molecule has 2 aromatic heterocycles. The lowest BCUT2D eigenvalue weighted by atomic mass is 10.5. The van der Waals surface area contributed by atoms with Crippen LogP contribution in [0.25, 0.3) is 0 Å². The van der Waals surface area contributed by atoms with Crippen molar-refractivity contribution >= 4 is 17.6 Å². The SMILES string of the molecule is CNc1cc(Sc2n[nH]c(=O)n2C2CC2)nc(COC)n1. The minimum atomic E-state index is -0.167. The number of anilines is 1. The molecule has 0 atom stereocenters. The molecule has 1 fully saturated rings. The third-order valence-electron chi connectivity index (χ3n) is 3.06. The van der Waals surface area contributed by atoms with Crippen molar-refractivity contribution in [2.24, 2.45) is 0 Å². The van der Waals surface area contributed by atoms with E-state index in [2.05, 4.69) is 25.5 Å². The molecule has 1 saturated carbocycles. The molecule has 0 saturated heterocycles. The first kappa shape index (κ1) is 14.1. The summed E-state index contributed by atoms with van der Waals surface area (Å²) in [6.07, 6.45) is 2.04. The van der Waals surface area contributed by atoms with E-state index in [9.17, 15) is 4.79 Å². The summed E-state index contributed by atoms with van der Waals surface area (Å²) in [5, 5.41) is 10.9. The number of nitrogens with zero attached hydrogens (tertiary/aromatic N) is 4. The molecule has 1 aliphatic rings. The summed E-state index contributed by atoms with van der Waals surface area (Å²) >= 11 is 1.35. The number of ether oxygens (including phenoxy) is 1. The Bertz CT molecular complexity index is 693. The van der Waals surface area contributed by atoms with Crippen molar-refractivity contribution in [1.29, 1.82) is 0 Å². The molecule has 3 rings (SSSR count). The Morgan fingerprint density at radius 1 is 1.52 bits per heavy atom. The van der Waals surface area contributed by atoms with E-state index >= 15 is 0 Å². The summed E-state index contributed by atoms with van der Waals surface area (Å²) in [5.74, 6) is 1.29. The quantitative estimate of drug-likeness (QED) is 0.769. The zero-order valence-electron chi connectivity index (χ0n) is 11.8. The van der Waals surface area contributed by atoms with Gasteiger partial charge in [0, 0.05) is 26.3 Å². The molecule has 112 valence electrons. The number of hydrogen-bond acceptors (Lipinski definition) is 7. The molecule has 1 aliphatic carbocycles. The molecule has 0 amide bonds. The van der Waals surface area contributed by atoms with Crippen LogP contribution in [0.5, 0.6) is 0 Å². The predicted molar refractivity (Wildman–Crippen MR) is 77.5 cm³/mol. The van der Waals surface area contributed by atoms with Crippen LogP contribution in [0.3, 0.4) is 0 Å². The smallest absolute Gasteiger partial charge is 0.344 e. The van der Waals surface area contributed by atoms with Crippen LogP contribution in [0.4, 0.5) is 5.82 Å². The highest BCUT2D eigenvalue weighted by Gasteiger charge is 2.29. The lowest BCUT2D eigenvalue weighted by Gasteiger charge is -2.07. The first-order valence-electron chi connectivity index (χ1n) is 6.60. The van der Waals surface area contributed by atoms with E-state index in [1.54, 1.807) is 18.7 Å². The number of rotatable bonds is 6. The van der Waals surface area contributed by atoms with Gasteiger partial charge in [-0.25, -0.2) is 19.9 Å². The zero-order chi connectivity index (χ0) is 14.8. The Balaban J connectivity index is 1.90. The van der Waals surface area contributed by atoms with Gasteiger partial charge in [0.15, 0.2) is 11.0 Å². The summed E-state index contributed by atoms with van der Waals surface area (Å²) in [5.41, 5.74) is -0.167. The molecule has 21 heavy (non-hydrogen) atoms. The van der Waals surface area contributed by atoms with Crippen LogP contribution in [0.2, 0.25) is 0 Å². The van der Waals surface area contributed by atoms with Crippen LogP contribution in [-0.2, 0) is 11.3 Å². The third kappa shape index (κ3) is 3.08. The Hall–Kier alpha value is -1.87. The molecule has 0 bridgehead atoms. The van der Waals surface area contributed by atoms with Gasteiger partial charge in [-0.1, -0.05) is 0 Å². The van der Waals surface area contributed by atoms with E-state index in [1.165, 1.54) is 11.8 Å². The van der Waals surface area contributed by atoms with Gasteiger partial charge in [0.2, 0.25) is 0 Å². The lowest BCUT2D eigenvalue weighted by Crippen LogP contribution is -2.16. The molecule has 9 heteroatoms. The Labute approximate surface area is 125 Å². The Kier molecular flexibility index (Phi) is 3.93. The molecule has 0 radical (unpaired) electrons. The highest BCUT2D eigenvalue weighted by atomic mass is 32.2. The normalized spacial score (nSPS) is 14.4. The number of nitrogens with one attached hydrogen (secondary N) is 2. The number of H-pyrrole nitrogens is 1. The Morgan fingerprint density at radius 3 is 3.00 bits per heavy atom. The molecular weight excluding hydrogens is 292 g/mol. The van der Waals surface area contributed by atoms with Gasteiger partial charge in [-0.05, 0) is 24.6 Å². The van der Waals surface area contributed by atoms with Gasteiger partial charge < -0.3 is 10.1 Å². The molecular formula is C12H16N6O2S. The maximum atomic E-state index is 11.8. The molecule has 0 aromatic carbocycles. The van der Waals surface area contributed by atoms with Gasteiger partial charge in [-0.2, -0.15) is 0 Å². The standard InChI is InChI=1S/C12H16N6O2S/c1-13-8-5-10(15-9(14-8)6-20-2)21-12-17-16-11(19)18(12)7-3-4-7/h5,7H,3-4,6H2,1-2H3,(H,16,19)(H,13,14,15). The van der Waals surface area contributed by atoms with Gasteiger partial charge in [-0.15, -0.1) is 5.10 Å². The summed E-state index contributed by atoms with van der Waals surface area (Å²) in [4.78, 5) is 20.5. The van der Waals surface area contributed by atoms with Crippen molar-refractivity contribution in [2.75, 3.05) is 19.5 Å². The average Bonchev–Trinajstić information content (AvgIpc) is 3.24. The summed E-state index contributed by atoms with van der Waals surface area (Å²) in [7, 11) is 3.39. The highest BCUT2D eigenvalue weighted by Crippen LogP contribution is 2.37. The number of aromatic nitrogens is 5. The van der Waals surface area contributed by atoms with E-state index in [-0.39, 0.29) is 11.7 Å². The van der Waals surface area contributed by atoms with Gasteiger partial charge in [0.1, 0.15) is 17.5 Å². The second-order valence-electron chi connectivity index (χ2n) is 4.71. The van der Waals surface area contributed by atoms with E-state index in [1.807, 2.05) is 6.07 Å². The summed E-state index contributed by atoms with van der Waals surface area (Å²) in [6, 6.07) is 2.09. The zero-order valence-corrected chi connectivity index (χ0v) is 12.6. The van der Waals surface area contributed by atoms with E-state index in [0.717, 1.165) is 17.9 Å². The fraction of sp³-hybridized carbons (Fsp3) is 0.500. The van der Waals surface area contributed by atoms with Crippen LogP contribution < -0.4 is 11.0 Å². The molecule has 0 spiro atoms. The molecule has 2 N–H and O–H groups in total. The predicted octanol–water partition coefficient (Wildman–Crippen LogP) is 1.04. The lowest BCUT2D eigenvalue weighted by molar-refractivity contribution is 0.177. The van der Waals surface area contributed by atoms with Crippen molar-refractivity contribution in [3.8, 4) is 0 Å². The molecule has 8 nitrogen and oxygen atoms in total. The fourth-order valence-corrected chi connectivity index (χ4v) is 2.89. The van der Waals surface area contributed by atoms with E-state index in [4.69, 9.17) is 4.74 Å². The van der Waals surface area contributed by atoms with Crippen LogP contribution >= 0.6 is 11.8 Å². The van der Waals surface area contributed by atoms with Crippen molar-refractivity contribution in [3.63, 3.8) is 0 Å². The van der Waals surface area contributed by atoms with Crippen LogP contribution in [-0.4, -0.2) is 38.9 Å². The largest absolute Gasteiger partial charge is 0.377 e. The number of methoxy groups -OCH3 is 1. The van der Waals surface area contributed by atoms with Crippen molar-refractivity contribution in [3.05, 3.63) is 22.4 Å². The Morgan fingerprint density at radius 2 is 2.33 bits per heavy atom. The van der Waals surface area contributed by atoms with E-state index in [0.29, 0.717) is 23.4 Å². The molecule has 0 aliphatic heterocycles. The summed E-state index contributed by atoms with van der Waals surface area (Å²) in [6.45, 7) is 0.332. The molecule has 2 heterocycles. The van der Waals surface area contributed by atoms with Gasteiger partial charge in [0.25, 0.3) is 0 Å². The van der Waals surface area contributed by atoms with Crippen LogP contribution in [0.15, 0.2) is 21.0 Å². The van der Waals surface area contributed by atoms with Crippen molar-refractivity contribution in [1.82, 2.24) is 24.7 Å². The van der Waals surface area contributed by atoms with Crippen molar-refractivity contribution in [2.45, 2.75) is 35.7 Å². The fourth-order valence-electron chi connectivity index (χ4n) is 1.96. The maximum Gasteiger partial charge on any atom is 0.344 e. The third-order valence-corrected chi connectivity index (χ3v) is 3.95. The van der Waals surface area contributed by atoms with Crippen LogP contribution in [0.1, 0.15) is 24.7 Å². The van der Waals surface area contributed by atoms with E-state index < -0.39 is 0 Å². The second kappa shape index (κ2) is 5.86. The number of aromatic amines is 1. The maximum absolute atomic E-state index is 11.8. The minimum Gasteiger partial charge on any atom is -0.377 e. The topological polar surface area (TPSA) is 97.7 Å². The second-order valence-corrected chi connectivity index (χ2v) is 5.69. The molecule has 0 unspecified atom stereocenters. The first-order valence-corrected chi connectivity index (χ1v) is 7.42. The van der Waals surface area contributed by atoms with Crippen molar-refractivity contribution < 1.29 is 4.74 Å². The van der Waals surface area contributed by atoms with Crippen LogP contribution in [0, 0.1) is 0 Å². The van der Waals surface area contributed by atoms with Gasteiger partial charge in [-0.3, -0.25) is 4.57 Å². The first-order chi connectivity index (χ1) is 10.2. The molecule has 2 aromatic rings. The average molecular weight is 308 g/mol. The highest BCUT2D eigenvalue weighted by molar-refractivity contribution is 7.99. The van der Waals surface area contributed by atoms with Gasteiger partial charge >= 0.3 is 5.69 Å². The monoisotopic (exact) mass is 308 g/mol. The number of hydrogen-bond donors (Lipinski definition) is 2.